The Morgan fingerprint density at radius 2 is 0.795 bits per heavy atom. The average Bonchev–Trinajstić information content (AvgIpc) is 3.36. The minimum atomic E-state index is -1.65. The second-order valence-corrected chi connectivity index (χ2v) is 19.5. The predicted octanol–water partition coefficient (Wildman–Crippen LogP) is 15.3. The lowest BCUT2D eigenvalue weighted by molar-refractivity contribution is -0.870. The molecule has 0 heterocycles. The molecule has 0 aliphatic rings. The largest absolute Gasteiger partial charge is 0.545 e. The maximum Gasteiger partial charge on any atom is 0.306 e. The van der Waals surface area contributed by atoms with E-state index in [1.807, 2.05) is 27.2 Å². The van der Waals surface area contributed by atoms with E-state index in [0.717, 1.165) is 96.3 Å². The molecular formula is C64H103NO8. The molecule has 2 atom stereocenters. The average molecular weight is 1010 g/mol. The normalized spacial score (nSPS) is 13.8. The quantitative estimate of drug-likeness (QED) is 0.0195. The van der Waals surface area contributed by atoms with E-state index in [9.17, 15) is 19.5 Å². The predicted molar refractivity (Wildman–Crippen MR) is 306 cm³/mol. The molecule has 73 heavy (non-hydrogen) atoms. The van der Waals surface area contributed by atoms with Gasteiger partial charge < -0.3 is 33.3 Å². The number of esters is 2. The van der Waals surface area contributed by atoms with E-state index >= 15 is 0 Å². The number of carbonyl (C=O) groups excluding carboxylic acids is 3. The highest BCUT2D eigenvalue weighted by molar-refractivity contribution is 5.70. The van der Waals surface area contributed by atoms with Gasteiger partial charge >= 0.3 is 11.9 Å². The zero-order valence-corrected chi connectivity index (χ0v) is 46.7. The van der Waals surface area contributed by atoms with Gasteiger partial charge in [0.25, 0.3) is 0 Å². The Balaban J connectivity index is 4.43. The van der Waals surface area contributed by atoms with Crippen LogP contribution in [0.2, 0.25) is 0 Å². The highest BCUT2D eigenvalue weighted by Crippen LogP contribution is 2.13. The number of hydrogen-bond acceptors (Lipinski definition) is 8. The van der Waals surface area contributed by atoms with Gasteiger partial charge in [-0.15, -0.1) is 0 Å². The number of hydrogen-bond donors (Lipinski definition) is 0. The molecule has 0 amide bonds. The third-order valence-electron chi connectivity index (χ3n) is 11.4. The third kappa shape index (κ3) is 55.0. The van der Waals surface area contributed by atoms with Gasteiger partial charge in [-0.3, -0.25) is 9.59 Å². The summed E-state index contributed by atoms with van der Waals surface area (Å²) in [5.41, 5.74) is 0. The summed E-state index contributed by atoms with van der Waals surface area (Å²) in [6.07, 6.45) is 73.6. The fourth-order valence-electron chi connectivity index (χ4n) is 7.04. The maximum absolute atomic E-state index is 12.8. The van der Waals surface area contributed by atoms with E-state index in [2.05, 4.69) is 141 Å². The van der Waals surface area contributed by atoms with Crippen LogP contribution in [0.4, 0.5) is 0 Å². The van der Waals surface area contributed by atoms with Crippen LogP contribution in [0.3, 0.4) is 0 Å². The summed E-state index contributed by atoms with van der Waals surface area (Å²) in [6.45, 7) is 4.51. The second kappa shape index (κ2) is 53.7. The number of carbonyl (C=O) groups is 3. The van der Waals surface area contributed by atoms with E-state index in [1.54, 1.807) is 0 Å². The first-order valence-electron chi connectivity index (χ1n) is 28.3. The third-order valence-corrected chi connectivity index (χ3v) is 11.4. The summed E-state index contributed by atoms with van der Waals surface area (Å²) in [7, 11) is 5.89. The van der Waals surface area contributed by atoms with Crippen LogP contribution in [0.25, 0.3) is 0 Å². The van der Waals surface area contributed by atoms with Crippen LogP contribution in [0.1, 0.15) is 194 Å². The molecule has 0 rings (SSSR count). The lowest BCUT2D eigenvalue weighted by atomic mass is 10.1. The van der Waals surface area contributed by atoms with Gasteiger partial charge in [0, 0.05) is 12.8 Å². The van der Waals surface area contributed by atoms with Crippen LogP contribution in [-0.2, 0) is 33.3 Å². The molecule has 9 heteroatoms. The molecule has 9 nitrogen and oxygen atoms in total. The summed E-state index contributed by atoms with van der Waals surface area (Å²) in [6, 6.07) is 0. The van der Waals surface area contributed by atoms with Crippen molar-refractivity contribution < 1.29 is 42.9 Å². The number of unbranched alkanes of at least 4 members (excludes halogenated alkanes) is 13. The van der Waals surface area contributed by atoms with Gasteiger partial charge in [-0.1, -0.05) is 205 Å². The molecule has 0 aliphatic heterocycles. The lowest BCUT2D eigenvalue weighted by Crippen LogP contribution is -2.44. The van der Waals surface area contributed by atoms with E-state index in [1.165, 1.54) is 57.8 Å². The van der Waals surface area contributed by atoms with Gasteiger partial charge in [-0.2, -0.15) is 0 Å². The van der Waals surface area contributed by atoms with Crippen LogP contribution >= 0.6 is 0 Å². The number of ether oxygens (including phenoxy) is 4. The molecule has 2 unspecified atom stereocenters. The smallest absolute Gasteiger partial charge is 0.306 e. The van der Waals surface area contributed by atoms with Gasteiger partial charge in [0.05, 0.1) is 40.3 Å². The van der Waals surface area contributed by atoms with Crippen molar-refractivity contribution in [3.05, 3.63) is 134 Å². The molecule has 0 aliphatic carbocycles. The summed E-state index contributed by atoms with van der Waals surface area (Å²) in [4.78, 5) is 37.2. The van der Waals surface area contributed by atoms with Gasteiger partial charge in [-0.25, -0.2) is 0 Å². The van der Waals surface area contributed by atoms with E-state index < -0.39 is 24.3 Å². The first-order valence-corrected chi connectivity index (χ1v) is 28.3. The molecule has 0 aromatic rings. The zero-order chi connectivity index (χ0) is 53.4. The van der Waals surface area contributed by atoms with Crippen LogP contribution in [-0.4, -0.2) is 82.3 Å². The minimum Gasteiger partial charge on any atom is -0.545 e. The van der Waals surface area contributed by atoms with Crippen LogP contribution < -0.4 is 5.11 Å². The van der Waals surface area contributed by atoms with E-state index in [0.29, 0.717) is 23.9 Å². The topological polar surface area (TPSA) is 111 Å². The van der Waals surface area contributed by atoms with Crippen molar-refractivity contribution >= 4 is 17.9 Å². The number of rotatable bonds is 50. The van der Waals surface area contributed by atoms with Crippen molar-refractivity contribution in [3.8, 4) is 0 Å². The van der Waals surface area contributed by atoms with Gasteiger partial charge in [0.15, 0.2) is 12.4 Å². The maximum atomic E-state index is 12.8. The fourth-order valence-corrected chi connectivity index (χ4v) is 7.04. The Bertz CT molecular complexity index is 1650. The SMILES string of the molecule is CC/C=C\C/C=C\C/C=C\C/C=C\C/C=C\C/C=C\C/C=C\C/C=C\C/C=C\CCCC(=O)OC(COC(=O)CCCCCCCCCCC/C=C\C/C=C\CCCCC)COC(OCC[N+](C)(C)C)C(=O)[O-]. The molecule has 0 N–H and O–H groups in total. The van der Waals surface area contributed by atoms with Crippen molar-refractivity contribution in [2.45, 2.75) is 206 Å². The van der Waals surface area contributed by atoms with Crippen LogP contribution in [0, 0.1) is 0 Å². The number of nitrogens with zero attached hydrogens (tertiary/aromatic N) is 1. The standard InChI is InChI=1S/C64H103NO8/c1-6-8-10-12-14-16-18-20-22-24-26-27-28-29-30-31-32-33-34-35-37-39-41-43-45-47-49-51-53-55-62(67)73-60(59-72-64(63(68)69)70-57-56-65(3,4)5)58-71-61(66)54-52-50-48-46-44-42-40-38-36-25-23-21-19-17-15-13-11-9-7-2/h8,10,14-17,20-23,26-27,29-30,32-33,35,37,41,43,47,49,60,64H,6-7,9,11-13,18-19,24-25,28,31,34,36,38-40,42,44-46,48,50-59H2,1-5H3/b10-8-,16-14-,17-15-,22-20-,23-21-,27-26-,30-29-,33-32-,37-35-,43-41-,49-47-. The molecule has 0 radical (unpaired) electrons. The highest BCUT2D eigenvalue weighted by atomic mass is 16.7. The molecule has 0 aromatic heterocycles. The van der Waals surface area contributed by atoms with E-state index in [-0.39, 0.29) is 38.6 Å². The van der Waals surface area contributed by atoms with Gasteiger partial charge in [-0.05, 0) is 109 Å². The fraction of sp³-hybridized carbons (Fsp3) is 0.609. The van der Waals surface area contributed by atoms with Crippen LogP contribution in [0.15, 0.2) is 134 Å². The first-order chi connectivity index (χ1) is 35.6. The van der Waals surface area contributed by atoms with Crippen molar-refractivity contribution in [2.75, 3.05) is 47.5 Å². The number of quaternary nitrogens is 1. The van der Waals surface area contributed by atoms with Gasteiger partial charge in [0.1, 0.15) is 13.2 Å². The molecular weight excluding hydrogens is 911 g/mol. The number of likely N-dealkylation sites (N-methyl/N-ethyl adjacent to an activating group) is 1. The van der Waals surface area contributed by atoms with Crippen molar-refractivity contribution in [2.24, 2.45) is 0 Å². The monoisotopic (exact) mass is 1010 g/mol. The second-order valence-electron chi connectivity index (χ2n) is 19.5. The van der Waals surface area contributed by atoms with Crippen LogP contribution in [0.5, 0.6) is 0 Å². The molecule has 0 saturated carbocycles. The minimum absolute atomic E-state index is 0.128. The highest BCUT2D eigenvalue weighted by Gasteiger charge is 2.21. The van der Waals surface area contributed by atoms with Crippen molar-refractivity contribution in [3.63, 3.8) is 0 Å². The summed E-state index contributed by atoms with van der Waals surface area (Å²) in [5.74, 6) is -2.39. The molecule has 0 fully saturated rings. The van der Waals surface area contributed by atoms with E-state index in [4.69, 9.17) is 18.9 Å². The van der Waals surface area contributed by atoms with Crippen molar-refractivity contribution in [1.82, 2.24) is 0 Å². The number of aliphatic carboxylic acids is 1. The Kier molecular flexibility index (Phi) is 50.4. The Morgan fingerprint density at radius 3 is 1.21 bits per heavy atom. The lowest BCUT2D eigenvalue weighted by Gasteiger charge is -2.26. The molecule has 0 aromatic carbocycles. The Morgan fingerprint density at radius 1 is 0.425 bits per heavy atom. The molecule has 0 bridgehead atoms. The number of carboxylic acids is 1. The number of allylic oxidation sites excluding steroid dienone is 22. The summed E-state index contributed by atoms with van der Waals surface area (Å²) < 4.78 is 22.6. The Labute approximate surface area is 446 Å². The first kappa shape index (κ1) is 68.4. The summed E-state index contributed by atoms with van der Waals surface area (Å²) >= 11 is 0. The molecule has 412 valence electrons. The van der Waals surface area contributed by atoms with Gasteiger partial charge in [0.2, 0.25) is 0 Å². The zero-order valence-electron chi connectivity index (χ0n) is 46.7. The Hall–Kier alpha value is -4.57. The summed E-state index contributed by atoms with van der Waals surface area (Å²) in [5, 5.41) is 11.8. The molecule has 0 spiro atoms. The number of carboxylic acid groups (broad SMARTS) is 1. The van der Waals surface area contributed by atoms with Crippen molar-refractivity contribution in [1.29, 1.82) is 0 Å². The molecule has 0 saturated heterocycles.